The quantitative estimate of drug-likeness (QED) is 0.667. The molecule has 0 radical (unpaired) electrons. The summed E-state index contributed by atoms with van der Waals surface area (Å²) in [6.07, 6.45) is 1.53. The van der Waals surface area contributed by atoms with Gasteiger partial charge in [-0.15, -0.1) is 0 Å². The van der Waals surface area contributed by atoms with Crippen LogP contribution in [-0.2, 0) is 0 Å². The van der Waals surface area contributed by atoms with Crippen molar-refractivity contribution in [3.63, 3.8) is 0 Å². The summed E-state index contributed by atoms with van der Waals surface area (Å²) in [4.78, 5) is 21.2. The number of rotatable bonds is 0. The van der Waals surface area contributed by atoms with Crippen molar-refractivity contribution in [3.05, 3.63) is 0 Å². The summed E-state index contributed by atoms with van der Waals surface area (Å²) in [5.41, 5.74) is 5.06. The first kappa shape index (κ1) is 14.0. The molecule has 1 aliphatic heterocycles. The Morgan fingerprint density at radius 3 is 2.00 bits per heavy atom. The second kappa shape index (κ2) is 7.32. The van der Waals surface area contributed by atoms with E-state index in [4.69, 9.17) is 15.8 Å². The summed E-state index contributed by atoms with van der Waals surface area (Å²) < 4.78 is -0.889. The van der Waals surface area contributed by atoms with Crippen LogP contribution in [0.1, 0.15) is 12.8 Å². The maximum absolute atomic E-state index is 10.6. The first-order valence-corrected chi connectivity index (χ1v) is 5.02. The van der Waals surface area contributed by atoms with Crippen molar-refractivity contribution in [2.24, 2.45) is 11.7 Å². The molecule has 1 aliphatic rings. The Balaban J connectivity index is 0.000000423. The van der Waals surface area contributed by atoms with Crippen LogP contribution in [0.3, 0.4) is 0 Å². The smallest absolute Gasteiger partial charge is 0.314 e. The maximum atomic E-state index is 10.6. The Morgan fingerprint density at radius 1 is 1.33 bits per heavy atom. The van der Waals surface area contributed by atoms with E-state index in [1.54, 1.807) is 4.90 Å². The van der Waals surface area contributed by atoms with Crippen molar-refractivity contribution in [2.75, 3.05) is 13.1 Å². The van der Waals surface area contributed by atoms with Gasteiger partial charge >= 0.3 is 10.7 Å². The lowest BCUT2D eigenvalue weighted by Gasteiger charge is -2.27. The van der Waals surface area contributed by atoms with E-state index in [9.17, 15) is 4.79 Å². The zero-order valence-corrected chi connectivity index (χ0v) is 9.46. The molecular weight excluding hydrogens is 241 g/mol. The molecule has 0 saturated carbocycles. The largest absolute Gasteiger partial charge is 0.351 e. The van der Waals surface area contributed by atoms with Crippen LogP contribution >= 0.6 is 23.2 Å². The van der Waals surface area contributed by atoms with Gasteiger partial charge in [-0.2, -0.15) is 5.26 Å². The molecule has 0 unspecified atom stereocenters. The fourth-order valence-corrected chi connectivity index (χ4v) is 1.23. The average Bonchev–Trinajstić information content (AvgIpc) is 2.17. The van der Waals surface area contributed by atoms with Crippen molar-refractivity contribution in [1.82, 2.24) is 4.90 Å². The minimum absolute atomic E-state index is 0.116. The van der Waals surface area contributed by atoms with E-state index in [1.165, 1.54) is 0 Å². The number of piperidine rings is 1. The number of likely N-dealkylation sites (tertiary alicyclic amines) is 1. The van der Waals surface area contributed by atoms with Crippen molar-refractivity contribution >= 4 is 33.9 Å². The van der Waals surface area contributed by atoms with E-state index in [0.717, 1.165) is 12.8 Å². The van der Waals surface area contributed by atoms with Crippen LogP contribution in [0.5, 0.6) is 0 Å². The van der Waals surface area contributed by atoms with Gasteiger partial charge in [0.1, 0.15) is 0 Å². The Morgan fingerprint density at radius 2 is 1.73 bits per heavy atom. The molecule has 5 nitrogen and oxygen atoms in total. The van der Waals surface area contributed by atoms with E-state index in [0.29, 0.717) is 13.1 Å². The molecule has 0 bridgehead atoms. The molecule has 1 rings (SSSR count). The van der Waals surface area contributed by atoms with Crippen molar-refractivity contribution < 1.29 is 9.59 Å². The van der Waals surface area contributed by atoms with Crippen LogP contribution in [-0.4, -0.2) is 28.7 Å². The molecule has 0 atom stereocenters. The number of hydrogen-bond donors (Lipinski definition) is 1. The lowest BCUT2D eigenvalue weighted by molar-refractivity contribution is 0.188. The van der Waals surface area contributed by atoms with Gasteiger partial charge in [0.2, 0.25) is 0 Å². The summed E-state index contributed by atoms with van der Waals surface area (Å²) in [7, 11) is 0. The number of nitrogens with two attached hydrogens (primary N) is 1. The summed E-state index contributed by atoms with van der Waals surface area (Å²) in [5.74, 6) is 0.116. The highest BCUT2D eigenvalue weighted by Gasteiger charge is 2.20. The fourth-order valence-electron chi connectivity index (χ4n) is 1.23. The molecule has 84 valence electrons. The third-order valence-electron chi connectivity index (χ3n) is 1.99. The average molecular weight is 252 g/mol. The number of primary amides is 1. The zero-order valence-electron chi connectivity index (χ0n) is 7.95. The fraction of sp³-hybridized carbons (Fsp3) is 0.625. The minimum Gasteiger partial charge on any atom is -0.351 e. The number of carbonyl (C=O) groups is 2. The van der Waals surface area contributed by atoms with E-state index in [-0.39, 0.29) is 11.9 Å². The molecule has 0 aromatic rings. The lowest BCUT2D eigenvalue weighted by atomic mass is 9.99. The molecule has 0 aromatic heterocycles. The van der Waals surface area contributed by atoms with Crippen molar-refractivity contribution in [1.29, 1.82) is 5.26 Å². The van der Waals surface area contributed by atoms with Crippen LogP contribution in [0.2, 0.25) is 0 Å². The van der Waals surface area contributed by atoms with Crippen LogP contribution in [0, 0.1) is 17.2 Å². The second-order valence-corrected chi connectivity index (χ2v) is 3.83. The molecule has 1 heterocycles. The summed E-state index contributed by atoms with van der Waals surface area (Å²) in [5, 5.41) is 8.53. The maximum Gasteiger partial charge on any atom is 0.314 e. The standard InChI is InChI=1S/C7H11N3O.CCl2O/c8-5-6-1-3-10(4-2-6)7(9)11;2-1(3)4/h6H,1-4H2,(H2,9,11);. The molecule has 0 aromatic carbocycles. The first-order valence-electron chi connectivity index (χ1n) is 4.26. The lowest BCUT2D eigenvalue weighted by Crippen LogP contribution is -2.41. The van der Waals surface area contributed by atoms with Gasteiger partial charge in [0.25, 0.3) is 0 Å². The predicted molar refractivity (Wildman–Crippen MR) is 56.6 cm³/mol. The topological polar surface area (TPSA) is 87.2 Å². The highest BCUT2D eigenvalue weighted by molar-refractivity contribution is 6.93. The molecule has 15 heavy (non-hydrogen) atoms. The summed E-state index contributed by atoms with van der Waals surface area (Å²) in [6, 6.07) is 1.81. The Kier molecular flexibility index (Phi) is 6.84. The van der Waals surface area contributed by atoms with Gasteiger partial charge in [0, 0.05) is 19.0 Å². The molecule has 1 saturated heterocycles. The zero-order chi connectivity index (χ0) is 11.8. The van der Waals surface area contributed by atoms with Crippen molar-refractivity contribution in [2.45, 2.75) is 12.8 Å². The number of hydrogen-bond acceptors (Lipinski definition) is 3. The van der Waals surface area contributed by atoms with E-state index >= 15 is 0 Å². The van der Waals surface area contributed by atoms with Crippen LogP contribution in [0.15, 0.2) is 0 Å². The first-order chi connectivity index (χ1) is 6.97. The van der Waals surface area contributed by atoms with Gasteiger partial charge in [-0.1, -0.05) is 0 Å². The van der Waals surface area contributed by atoms with Gasteiger partial charge < -0.3 is 10.6 Å². The van der Waals surface area contributed by atoms with Crippen LogP contribution in [0.25, 0.3) is 0 Å². The van der Waals surface area contributed by atoms with E-state index < -0.39 is 4.70 Å². The van der Waals surface area contributed by atoms with Crippen molar-refractivity contribution in [3.8, 4) is 6.07 Å². The molecule has 2 amide bonds. The van der Waals surface area contributed by atoms with Gasteiger partial charge in [0.15, 0.2) is 0 Å². The third-order valence-corrected chi connectivity index (χ3v) is 1.99. The number of nitriles is 1. The predicted octanol–water partition coefficient (Wildman–Crippen LogP) is 1.88. The van der Waals surface area contributed by atoms with Gasteiger partial charge in [-0.05, 0) is 36.0 Å². The normalized spacial score (nSPS) is 15.9. The number of amides is 2. The Bertz CT molecular complexity index is 266. The van der Waals surface area contributed by atoms with Crippen LogP contribution < -0.4 is 5.73 Å². The Hall–Kier alpha value is -0.990. The van der Waals surface area contributed by atoms with Gasteiger partial charge in [-0.25, -0.2) is 4.79 Å². The molecule has 1 fully saturated rings. The second-order valence-electron chi connectivity index (χ2n) is 2.95. The third kappa shape index (κ3) is 7.00. The molecule has 7 heteroatoms. The number of nitrogens with zero attached hydrogens (tertiary/aromatic N) is 2. The number of carbonyl (C=O) groups excluding carboxylic acids is 2. The van der Waals surface area contributed by atoms with E-state index in [2.05, 4.69) is 29.3 Å². The highest BCUT2D eigenvalue weighted by atomic mass is 35.5. The highest BCUT2D eigenvalue weighted by Crippen LogP contribution is 2.15. The molecule has 2 N–H and O–H groups in total. The molecule has 0 aliphatic carbocycles. The Labute approximate surface area is 97.7 Å². The summed E-state index contributed by atoms with van der Waals surface area (Å²) in [6.45, 7) is 1.27. The van der Waals surface area contributed by atoms with Gasteiger partial charge in [0.05, 0.1) is 6.07 Å². The summed E-state index contributed by atoms with van der Waals surface area (Å²) >= 11 is 8.80. The molecular formula is C8H11Cl2N3O2. The van der Waals surface area contributed by atoms with Crippen LogP contribution in [0.4, 0.5) is 9.59 Å². The number of halogens is 2. The van der Waals surface area contributed by atoms with E-state index in [1.807, 2.05) is 0 Å². The SMILES string of the molecule is N#CC1CCN(C(N)=O)CC1.O=C(Cl)Cl. The molecule has 0 spiro atoms. The monoisotopic (exact) mass is 251 g/mol. The minimum atomic E-state index is -0.889. The number of urea groups is 1. The van der Waals surface area contributed by atoms with Gasteiger partial charge in [-0.3, -0.25) is 4.79 Å².